The Labute approximate surface area is 133 Å². The molecule has 0 spiro atoms. The summed E-state index contributed by atoms with van der Waals surface area (Å²) >= 11 is 5.28. The summed E-state index contributed by atoms with van der Waals surface area (Å²) in [5.74, 6) is 0. The van der Waals surface area contributed by atoms with E-state index in [9.17, 15) is 0 Å². The van der Waals surface area contributed by atoms with Crippen molar-refractivity contribution in [1.82, 2.24) is 10.2 Å². The fourth-order valence-electron chi connectivity index (χ4n) is 2.09. The number of nitrogens with one attached hydrogen (secondary N) is 1. The van der Waals surface area contributed by atoms with Crippen LogP contribution in [0.2, 0.25) is 0 Å². The minimum atomic E-state index is 0.957. The van der Waals surface area contributed by atoms with E-state index in [-0.39, 0.29) is 0 Å². The lowest BCUT2D eigenvalue weighted by molar-refractivity contribution is 0.279. The van der Waals surface area contributed by atoms with Crippen LogP contribution in [-0.4, -0.2) is 24.5 Å². The summed E-state index contributed by atoms with van der Waals surface area (Å²) in [4.78, 5) is 3.84. The van der Waals surface area contributed by atoms with E-state index >= 15 is 0 Å². The molecule has 0 aliphatic carbocycles. The van der Waals surface area contributed by atoms with Gasteiger partial charge in [0.1, 0.15) is 0 Å². The number of thiophene rings is 1. The van der Waals surface area contributed by atoms with Crippen molar-refractivity contribution in [3.63, 3.8) is 0 Å². The summed E-state index contributed by atoms with van der Waals surface area (Å²) in [7, 11) is 0. The molecule has 0 radical (unpaired) electrons. The Bertz CT molecular complexity index is 498. The van der Waals surface area contributed by atoms with Crippen molar-refractivity contribution in [2.75, 3.05) is 19.6 Å². The number of halogens is 1. The Morgan fingerprint density at radius 3 is 2.70 bits per heavy atom. The van der Waals surface area contributed by atoms with Gasteiger partial charge in [0.15, 0.2) is 0 Å². The molecule has 4 heteroatoms. The number of hydrogen-bond acceptors (Lipinski definition) is 3. The van der Waals surface area contributed by atoms with Crippen LogP contribution in [-0.2, 0) is 13.1 Å². The molecule has 2 nitrogen and oxygen atoms in total. The van der Waals surface area contributed by atoms with Crippen molar-refractivity contribution < 1.29 is 0 Å². The Morgan fingerprint density at radius 2 is 2.05 bits per heavy atom. The van der Waals surface area contributed by atoms with Crippen LogP contribution in [0.3, 0.4) is 0 Å². The molecule has 0 unspecified atom stereocenters. The van der Waals surface area contributed by atoms with Crippen LogP contribution in [0.4, 0.5) is 0 Å². The second-order valence-corrected chi connectivity index (χ2v) is 6.67. The molecule has 0 bridgehead atoms. The zero-order chi connectivity index (χ0) is 14.2. The molecule has 108 valence electrons. The Hall–Kier alpha value is -0.680. The van der Waals surface area contributed by atoms with Crippen molar-refractivity contribution >= 4 is 27.3 Å². The van der Waals surface area contributed by atoms with Gasteiger partial charge >= 0.3 is 0 Å². The van der Waals surface area contributed by atoms with Gasteiger partial charge in [0.2, 0.25) is 0 Å². The average Bonchev–Trinajstić information content (AvgIpc) is 2.89. The van der Waals surface area contributed by atoms with E-state index in [1.54, 1.807) is 11.3 Å². The monoisotopic (exact) mass is 352 g/mol. The average molecular weight is 353 g/mol. The molecule has 1 N–H and O–H groups in total. The van der Waals surface area contributed by atoms with Crippen molar-refractivity contribution in [3.05, 3.63) is 56.7 Å². The number of hydrogen-bond donors (Lipinski definition) is 1. The summed E-state index contributed by atoms with van der Waals surface area (Å²) < 4.78 is 1.18. The molecule has 0 atom stereocenters. The van der Waals surface area contributed by atoms with Crippen molar-refractivity contribution in [2.24, 2.45) is 0 Å². The van der Waals surface area contributed by atoms with Gasteiger partial charge in [0.05, 0.1) is 0 Å². The second kappa shape index (κ2) is 8.57. The molecule has 1 aromatic carbocycles. The lowest BCUT2D eigenvalue weighted by Crippen LogP contribution is -2.31. The molecule has 2 rings (SSSR count). The smallest absolute Gasteiger partial charge is 0.0300 e. The first-order valence-electron chi connectivity index (χ1n) is 6.98. The zero-order valence-electron chi connectivity index (χ0n) is 11.8. The quantitative estimate of drug-likeness (QED) is 0.718. The molecule has 0 amide bonds. The fourth-order valence-corrected chi connectivity index (χ4v) is 3.51. The molecule has 0 aliphatic rings. The largest absolute Gasteiger partial charge is 0.311 e. The molecule has 0 aliphatic heterocycles. The lowest BCUT2D eigenvalue weighted by Gasteiger charge is -2.20. The van der Waals surface area contributed by atoms with Crippen LogP contribution in [0.15, 0.2) is 46.3 Å². The van der Waals surface area contributed by atoms with Gasteiger partial charge in [0, 0.05) is 40.9 Å². The Morgan fingerprint density at radius 1 is 1.25 bits per heavy atom. The first kappa shape index (κ1) is 15.7. The van der Waals surface area contributed by atoms with E-state index in [0.717, 1.165) is 32.7 Å². The van der Waals surface area contributed by atoms with E-state index in [4.69, 9.17) is 0 Å². The summed E-state index contributed by atoms with van der Waals surface area (Å²) in [6.45, 7) is 7.40. The number of benzene rings is 1. The molecule has 0 fully saturated rings. The maximum Gasteiger partial charge on any atom is 0.0300 e. The van der Waals surface area contributed by atoms with Gasteiger partial charge in [-0.15, -0.1) is 11.3 Å². The maximum atomic E-state index is 3.51. The molecular formula is C16H21BrN2S. The van der Waals surface area contributed by atoms with Crippen LogP contribution in [0.1, 0.15) is 17.4 Å². The zero-order valence-corrected chi connectivity index (χ0v) is 14.2. The molecule has 2 aromatic rings. The van der Waals surface area contributed by atoms with Crippen molar-refractivity contribution in [1.29, 1.82) is 0 Å². The molecule has 1 aromatic heterocycles. The van der Waals surface area contributed by atoms with Crippen molar-refractivity contribution in [2.45, 2.75) is 20.0 Å². The third kappa shape index (κ3) is 5.37. The van der Waals surface area contributed by atoms with E-state index in [1.807, 2.05) is 0 Å². The van der Waals surface area contributed by atoms with E-state index in [2.05, 4.69) is 74.8 Å². The number of rotatable bonds is 8. The number of nitrogens with zero attached hydrogens (tertiary/aromatic N) is 1. The standard InChI is InChI=1S/C16H21BrN2S/c1-2-19(12-14-6-4-3-5-7-14)9-8-18-11-16-10-15(17)13-20-16/h3-7,10,13,18H,2,8-9,11-12H2,1H3. The van der Waals surface area contributed by atoms with Crippen LogP contribution in [0.5, 0.6) is 0 Å². The van der Waals surface area contributed by atoms with Gasteiger partial charge < -0.3 is 5.32 Å². The predicted octanol–water partition coefficient (Wildman–Crippen LogP) is 4.12. The highest BCUT2D eigenvalue weighted by molar-refractivity contribution is 9.10. The molecule has 20 heavy (non-hydrogen) atoms. The van der Waals surface area contributed by atoms with Gasteiger partial charge in [-0.2, -0.15) is 0 Å². The fraction of sp³-hybridized carbons (Fsp3) is 0.375. The topological polar surface area (TPSA) is 15.3 Å². The highest BCUT2D eigenvalue weighted by Crippen LogP contribution is 2.19. The maximum absolute atomic E-state index is 3.51. The summed E-state index contributed by atoms with van der Waals surface area (Å²) in [6, 6.07) is 12.9. The van der Waals surface area contributed by atoms with E-state index in [1.165, 1.54) is 14.9 Å². The Balaban J connectivity index is 1.68. The van der Waals surface area contributed by atoms with Crippen LogP contribution in [0, 0.1) is 0 Å². The summed E-state index contributed by atoms with van der Waals surface area (Å²) in [6.07, 6.45) is 0. The third-order valence-electron chi connectivity index (χ3n) is 3.22. The highest BCUT2D eigenvalue weighted by atomic mass is 79.9. The minimum absolute atomic E-state index is 0.957. The minimum Gasteiger partial charge on any atom is -0.311 e. The molecule has 0 saturated heterocycles. The normalized spacial score (nSPS) is 11.2. The Kier molecular flexibility index (Phi) is 6.73. The molecule has 0 saturated carbocycles. The first-order chi connectivity index (χ1) is 9.78. The third-order valence-corrected chi connectivity index (χ3v) is 4.92. The molecular weight excluding hydrogens is 332 g/mol. The van der Waals surface area contributed by atoms with Gasteiger partial charge in [-0.3, -0.25) is 4.90 Å². The van der Waals surface area contributed by atoms with E-state index in [0.29, 0.717) is 0 Å². The first-order valence-corrected chi connectivity index (χ1v) is 8.65. The lowest BCUT2D eigenvalue weighted by atomic mass is 10.2. The SMILES string of the molecule is CCN(CCNCc1cc(Br)cs1)Cc1ccccc1. The van der Waals surface area contributed by atoms with Crippen LogP contribution < -0.4 is 5.32 Å². The van der Waals surface area contributed by atoms with Gasteiger partial charge in [-0.1, -0.05) is 37.3 Å². The summed E-state index contributed by atoms with van der Waals surface area (Å²) in [5, 5.41) is 5.64. The second-order valence-electron chi connectivity index (χ2n) is 4.76. The molecule has 1 heterocycles. The van der Waals surface area contributed by atoms with Gasteiger partial charge in [-0.05, 0) is 34.1 Å². The number of likely N-dealkylation sites (N-methyl/N-ethyl adjacent to an activating group) is 1. The van der Waals surface area contributed by atoms with Gasteiger partial charge in [0.25, 0.3) is 0 Å². The predicted molar refractivity (Wildman–Crippen MR) is 91.1 cm³/mol. The van der Waals surface area contributed by atoms with Crippen LogP contribution in [0.25, 0.3) is 0 Å². The van der Waals surface area contributed by atoms with E-state index < -0.39 is 0 Å². The summed E-state index contributed by atoms with van der Waals surface area (Å²) in [5.41, 5.74) is 1.39. The van der Waals surface area contributed by atoms with Crippen molar-refractivity contribution in [3.8, 4) is 0 Å². The van der Waals surface area contributed by atoms with Gasteiger partial charge in [-0.25, -0.2) is 0 Å². The highest BCUT2D eigenvalue weighted by Gasteiger charge is 2.03. The van der Waals surface area contributed by atoms with Crippen LogP contribution >= 0.6 is 27.3 Å².